The van der Waals surface area contributed by atoms with E-state index in [9.17, 15) is 9.90 Å². The van der Waals surface area contributed by atoms with Crippen molar-refractivity contribution in [3.63, 3.8) is 0 Å². The van der Waals surface area contributed by atoms with Crippen molar-refractivity contribution in [2.45, 2.75) is 38.8 Å². The zero-order chi connectivity index (χ0) is 13.8. The van der Waals surface area contributed by atoms with Crippen molar-refractivity contribution in [3.8, 4) is 0 Å². The lowest BCUT2D eigenvalue weighted by atomic mass is 10.0. The Hall–Kier alpha value is -0.0700. The summed E-state index contributed by atoms with van der Waals surface area (Å²) in [6.45, 7) is 9.01. The SMILES string of the molecule is CCC1CN(C(=O)C2CCNC2)CCN1CC(C)O.Cl.Cl. The van der Waals surface area contributed by atoms with Crippen LogP contribution in [0.1, 0.15) is 26.7 Å². The number of nitrogens with zero attached hydrogens (tertiary/aromatic N) is 2. The molecule has 0 radical (unpaired) electrons. The average Bonchev–Trinajstić information content (AvgIpc) is 2.91. The number of rotatable bonds is 4. The summed E-state index contributed by atoms with van der Waals surface area (Å²) in [6.07, 6.45) is 1.71. The van der Waals surface area contributed by atoms with Gasteiger partial charge < -0.3 is 15.3 Å². The second-order valence-corrected chi connectivity index (χ2v) is 5.88. The van der Waals surface area contributed by atoms with Crippen LogP contribution < -0.4 is 5.32 Å². The number of hydrogen-bond donors (Lipinski definition) is 2. The monoisotopic (exact) mass is 341 g/mol. The molecule has 21 heavy (non-hydrogen) atoms. The van der Waals surface area contributed by atoms with Crippen molar-refractivity contribution in [2.24, 2.45) is 5.92 Å². The van der Waals surface area contributed by atoms with E-state index >= 15 is 0 Å². The highest BCUT2D eigenvalue weighted by molar-refractivity contribution is 5.85. The van der Waals surface area contributed by atoms with Crippen molar-refractivity contribution >= 4 is 30.7 Å². The van der Waals surface area contributed by atoms with Crippen LogP contribution >= 0.6 is 24.8 Å². The van der Waals surface area contributed by atoms with Crippen LogP contribution in [-0.4, -0.2) is 72.2 Å². The molecule has 2 heterocycles. The molecule has 3 unspecified atom stereocenters. The molecule has 2 fully saturated rings. The Labute approximate surface area is 140 Å². The number of amides is 1. The Bertz CT molecular complexity index is 313. The number of halogens is 2. The fourth-order valence-electron chi connectivity index (χ4n) is 3.18. The maximum absolute atomic E-state index is 12.4. The second-order valence-electron chi connectivity index (χ2n) is 5.88. The van der Waals surface area contributed by atoms with Gasteiger partial charge in [-0.1, -0.05) is 6.92 Å². The van der Waals surface area contributed by atoms with Crippen LogP contribution in [0.2, 0.25) is 0 Å². The summed E-state index contributed by atoms with van der Waals surface area (Å²) >= 11 is 0. The van der Waals surface area contributed by atoms with Gasteiger partial charge in [0.15, 0.2) is 0 Å². The van der Waals surface area contributed by atoms with Gasteiger partial charge >= 0.3 is 0 Å². The molecule has 2 N–H and O–H groups in total. The Balaban J connectivity index is 0.00000200. The van der Waals surface area contributed by atoms with Gasteiger partial charge in [-0.3, -0.25) is 9.69 Å². The molecule has 2 saturated heterocycles. The highest BCUT2D eigenvalue weighted by Crippen LogP contribution is 2.18. The molecule has 2 aliphatic heterocycles. The molecule has 0 aromatic rings. The van der Waals surface area contributed by atoms with E-state index in [0.717, 1.165) is 45.6 Å². The smallest absolute Gasteiger partial charge is 0.227 e. The van der Waals surface area contributed by atoms with Crippen molar-refractivity contribution in [3.05, 3.63) is 0 Å². The quantitative estimate of drug-likeness (QED) is 0.792. The minimum absolute atomic E-state index is 0. The molecule has 1 amide bonds. The third-order valence-electron chi connectivity index (χ3n) is 4.30. The van der Waals surface area contributed by atoms with E-state index in [-0.39, 0.29) is 36.8 Å². The predicted octanol–water partition coefficient (Wildman–Crippen LogP) is 0.743. The first-order valence-electron chi connectivity index (χ1n) is 7.53. The first-order valence-corrected chi connectivity index (χ1v) is 7.53. The summed E-state index contributed by atoms with van der Waals surface area (Å²) in [7, 11) is 0. The number of β-amino-alcohol motifs (C(OH)–C–C–N with tert-alkyl or cyclic N) is 1. The molecule has 2 aliphatic rings. The van der Waals surface area contributed by atoms with Gasteiger partial charge in [0, 0.05) is 38.8 Å². The number of aliphatic hydroxyl groups is 1. The van der Waals surface area contributed by atoms with Crippen molar-refractivity contribution < 1.29 is 9.90 Å². The van der Waals surface area contributed by atoms with E-state index in [1.54, 1.807) is 0 Å². The third kappa shape index (κ3) is 5.57. The molecular formula is C14H29Cl2N3O2. The van der Waals surface area contributed by atoms with Gasteiger partial charge in [-0.2, -0.15) is 0 Å². The lowest BCUT2D eigenvalue weighted by Gasteiger charge is -2.42. The summed E-state index contributed by atoms with van der Waals surface area (Å²) in [4.78, 5) is 16.8. The fourth-order valence-corrected chi connectivity index (χ4v) is 3.18. The van der Waals surface area contributed by atoms with Gasteiger partial charge in [0.05, 0.1) is 12.0 Å². The maximum Gasteiger partial charge on any atom is 0.227 e. The summed E-state index contributed by atoms with van der Waals surface area (Å²) in [5.41, 5.74) is 0. The van der Waals surface area contributed by atoms with Crippen LogP contribution in [-0.2, 0) is 4.79 Å². The molecule has 0 aromatic carbocycles. The number of carbonyl (C=O) groups excluding carboxylic acids is 1. The van der Waals surface area contributed by atoms with Gasteiger partial charge in [-0.15, -0.1) is 24.8 Å². The number of hydrogen-bond acceptors (Lipinski definition) is 4. The minimum Gasteiger partial charge on any atom is -0.392 e. The molecule has 0 spiro atoms. The standard InChI is InChI=1S/C14H27N3O2.2ClH/c1-3-13-10-17(7-6-16(13)9-11(2)18)14(19)12-4-5-15-8-12;;/h11-13,15,18H,3-10H2,1-2H3;2*1H. The number of carbonyl (C=O) groups is 1. The number of nitrogens with one attached hydrogen (secondary N) is 1. The van der Waals surface area contributed by atoms with Crippen LogP contribution in [0.15, 0.2) is 0 Å². The summed E-state index contributed by atoms with van der Waals surface area (Å²) in [5, 5.41) is 12.8. The zero-order valence-electron chi connectivity index (χ0n) is 13.0. The Morgan fingerprint density at radius 3 is 2.62 bits per heavy atom. The highest BCUT2D eigenvalue weighted by atomic mass is 35.5. The average molecular weight is 342 g/mol. The molecule has 5 nitrogen and oxygen atoms in total. The molecule has 0 bridgehead atoms. The van der Waals surface area contributed by atoms with Gasteiger partial charge in [0.2, 0.25) is 5.91 Å². The summed E-state index contributed by atoms with van der Waals surface area (Å²) < 4.78 is 0. The number of aliphatic hydroxyl groups excluding tert-OH is 1. The zero-order valence-corrected chi connectivity index (χ0v) is 14.6. The van der Waals surface area contributed by atoms with Gasteiger partial charge in [0.1, 0.15) is 0 Å². The summed E-state index contributed by atoms with van der Waals surface area (Å²) in [5.74, 6) is 0.501. The first kappa shape index (κ1) is 20.9. The second kappa shape index (κ2) is 9.85. The largest absolute Gasteiger partial charge is 0.392 e. The van der Waals surface area contributed by atoms with Gasteiger partial charge in [-0.05, 0) is 26.3 Å². The van der Waals surface area contributed by atoms with Crippen LogP contribution in [0.3, 0.4) is 0 Å². The molecule has 3 atom stereocenters. The molecule has 0 saturated carbocycles. The van der Waals surface area contributed by atoms with Crippen LogP contribution in [0, 0.1) is 5.92 Å². The molecule has 0 aliphatic carbocycles. The van der Waals surface area contributed by atoms with Crippen LogP contribution in [0.4, 0.5) is 0 Å². The lowest BCUT2D eigenvalue weighted by Crippen LogP contribution is -2.56. The first-order chi connectivity index (χ1) is 9.11. The minimum atomic E-state index is -0.296. The summed E-state index contributed by atoms with van der Waals surface area (Å²) in [6, 6.07) is 0.390. The highest BCUT2D eigenvalue weighted by Gasteiger charge is 2.33. The molecule has 2 rings (SSSR count). The third-order valence-corrected chi connectivity index (χ3v) is 4.30. The maximum atomic E-state index is 12.4. The Morgan fingerprint density at radius 2 is 2.10 bits per heavy atom. The molecular weight excluding hydrogens is 313 g/mol. The van der Waals surface area contributed by atoms with Crippen molar-refractivity contribution in [1.29, 1.82) is 0 Å². The Morgan fingerprint density at radius 1 is 1.38 bits per heavy atom. The van der Waals surface area contributed by atoms with E-state index in [2.05, 4.69) is 17.1 Å². The normalized spacial score (nSPS) is 27.7. The van der Waals surface area contributed by atoms with Gasteiger partial charge in [-0.25, -0.2) is 0 Å². The topological polar surface area (TPSA) is 55.8 Å². The van der Waals surface area contributed by atoms with E-state index < -0.39 is 0 Å². The van der Waals surface area contributed by atoms with E-state index in [1.807, 2.05) is 11.8 Å². The van der Waals surface area contributed by atoms with E-state index in [1.165, 1.54) is 0 Å². The Kier molecular flexibility index (Phi) is 9.81. The molecule has 0 aromatic heterocycles. The van der Waals surface area contributed by atoms with E-state index in [4.69, 9.17) is 0 Å². The molecule has 7 heteroatoms. The van der Waals surface area contributed by atoms with Gasteiger partial charge in [0.25, 0.3) is 0 Å². The van der Waals surface area contributed by atoms with Crippen LogP contribution in [0.5, 0.6) is 0 Å². The van der Waals surface area contributed by atoms with Crippen molar-refractivity contribution in [1.82, 2.24) is 15.1 Å². The van der Waals surface area contributed by atoms with E-state index in [0.29, 0.717) is 18.5 Å². The lowest BCUT2D eigenvalue weighted by molar-refractivity contribution is -0.138. The number of piperazine rings is 1. The predicted molar refractivity (Wildman–Crippen MR) is 89.4 cm³/mol. The van der Waals surface area contributed by atoms with Crippen molar-refractivity contribution in [2.75, 3.05) is 39.3 Å². The van der Waals surface area contributed by atoms with Crippen LogP contribution in [0.25, 0.3) is 0 Å². The molecule has 126 valence electrons. The fraction of sp³-hybridized carbons (Fsp3) is 0.929.